The van der Waals surface area contributed by atoms with Gasteiger partial charge in [0, 0.05) is 18.8 Å². The monoisotopic (exact) mass is 192 g/mol. The Labute approximate surface area is 84.4 Å². The fourth-order valence-corrected chi connectivity index (χ4v) is 1.67. The second-order valence-electron chi connectivity index (χ2n) is 3.70. The van der Waals surface area contributed by atoms with Gasteiger partial charge in [-0.15, -0.1) is 0 Å². The topological polar surface area (TPSA) is 36.4 Å². The highest BCUT2D eigenvalue weighted by atomic mass is 16.3. The molecule has 14 heavy (non-hydrogen) atoms. The molecule has 1 fully saturated rings. The molecule has 0 spiro atoms. The number of rotatable bonds is 4. The third-order valence-electron chi connectivity index (χ3n) is 2.61. The van der Waals surface area contributed by atoms with Crippen LogP contribution in [0.1, 0.15) is 25.3 Å². The fourth-order valence-electron chi connectivity index (χ4n) is 1.67. The van der Waals surface area contributed by atoms with Crippen molar-refractivity contribution in [2.75, 3.05) is 11.4 Å². The zero-order valence-corrected chi connectivity index (χ0v) is 8.48. The number of pyridine rings is 1. The molecule has 76 valence electrons. The highest BCUT2D eigenvalue weighted by Gasteiger charge is 2.28. The zero-order chi connectivity index (χ0) is 9.97. The molecule has 3 nitrogen and oxygen atoms in total. The molecule has 0 aliphatic heterocycles. The first-order valence-electron chi connectivity index (χ1n) is 5.17. The molecule has 1 heterocycles. The Morgan fingerprint density at radius 2 is 2.29 bits per heavy atom. The van der Waals surface area contributed by atoms with E-state index in [-0.39, 0.29) is 6.61 Å². The number of nitrogens with zero attached hydrogens (tertiary/aromatic N) is 2. The molecule has 0 aromatic carbocycles. The minimum absolute atomic E-state index is 0.0723. The lowest BCUT2D eigenvalue weighted by Gasteiger charge is -2.21. The van der Waals surface area contributed by atoms with Crippen LogP contribution in [0.4, 0.5) is 5.82 Å². The van der Waals surface area contributed by atoms with Crippen molar-refractivity contribution < 1.29 is 5.11 Å². The summed E-state index contributed by atoms with van der Waals surface area (Å²) in [5.74, 6) is 1.03. The quantitative estimate of drug-likeness (QED) is 0.786. The van der Waals surface area contributed by atoms with Gasteiger partial charge in [-0.25, -0.2) is 4.98 Å². The van der Waals surface area contributed by atoms with Crippen LogP contribution in [-0.4, -0.2) is 22.7 Å². The fraction of sp³-hybridized carbons (Fsp3) is 0.545. The van der Waals surface area contributed by atoms with Gasteiger partial charge in [0.05, 0.1) is 6.61 Å². The van der Waals surface area contributed by atoms with Crippen LogP contribution >= 0.6 is 0 Å². The molecule has 0 unspecified atom stereocenters. The predicted molar refractivity (Wildman–Crippen MR) is 56.2 cm³/mol. The molecule has 0 atom stereocenters. The Kier molecular flexibility index (Phi) is 2.68. The minimum Gasteiger partial charge on any atom is -0.392 e. The summed E-state index contributed by atoms with van der Waals surface area (Å²) in [6.07, 6.45) is 4.33. The van der Waals surface area contributed by atoms with Gasteiger partial charge in [0.2, 0.25) is 0 Å². The van der Waals surface area contributed by atoms with Crippen molar-refractivity contribution in [1.29, 1.82) is 0 Å². The molecule has 1 aromatic rings. The Hall–Kier alpha value is -1.09. The number of aliphatic hydroxyl groups is 1. The van der Waals surface area contributed by atoms with Crippen LogP contribution in [-0.2, 0) is 6.61 Å². The number of hydrogen-bond acceptors (Lipinski definition) is 3. The van der Waals surface area contributed by atoms with Gasteiger partial charge < -0.3 is 10.0 Å². The maximum Gasteiger partial charge on any atom is 0.128 e. The molecule has 0 saturated heterocycles. The number of aliphatic hydroxyl groups excluding tert-OH is 1. The summed E-state index contributed by atoms with van der Waals surface area (Å²) >= 11 is 0. The van der Waals surface area contributed by atoms with Gasteiger partial charge in [0.25, 0.3) is 0 Å². The zero-order valence-electron chi connectivity index (χ0n) is 8.48. The Morgan fingerprint density at radius 3 is 2.71 bits per heavy atom. The van der Waals surface area contributed by atoms with Crippen LogP contribution in [0, 0.1) is 0 Å². The van der Waals surface area contributed by atoms with E-state index in [2.05, 4.69) is 16.8 Å². The van der Waals surface area contributed by atoms with Crippen molar-refractivity contribution in [3.05, 3.63) is 23.9 Å². The van der Waals surface area contributed by atoms with Gasteiger partial charge in [-0.1, -0.05) is 6.07 Å². The van der Waals surface area contributed by atoms with Crippen molar-refractivity contribution in [2.24, 2.45) is 0 Å². The summed E-state index contributed by atoms with van der Waals surface area (Å²) in [5.41, 5.74) is 0.876. The molecule has 1 saturated carbocycles. The molecule has 3 heteroatoms. The van der Waals surface area contributed by atoms with E-state index in [0.29, 0.717) is 6.04 Å². The summed E-state index contributed by atoms with van der Waals surface area (Å²) in [6.45, 7) is 3.24. The summed E-state index contributed by atoms with van der Waals surface area (Å²) in [5, 5.41) is 8.89. The summed E-state index contributed by atoms with van der Waals surface area (Å²) in [7, 11) is 0. The van der Waals surface area contributed by atoms with E-state index >= 15 is 0 Å². The second-order valence-corrected chi connectivity index (χ2v) is 3.70. The molecule has 0 radical (unpaired) electrons. The highest BCUT2D eigenvalue weighted by molar-refractivity contribution is 5.41. The van der Waals surface area contributed by atoms with Crippen LogP contribution in [0.15, 0.2) is 18.3 Å². The Morgan fingerprint density at radius 1 is 1.50 bits per heavy atom. The number of hydrogen-bond donors (Lipinski definition) is 1. The van der Waals surface area contributed by atoms with E-state index in [1.165, 1.54) is 12.8 Å². The van der Waals surface area contributed by atoms with Crippen molar-refractivity contribution in [2.45, 2.75) is 32.4 Å². The molecular formula is C11H16N2O. The van der Waals surface area contributed by atoms with Gasteiger partial charge >= 0.3 is 0 Å². The second kappa shape index (κ2) is 3.96. The lowest BCUT2D eigenvalue weighted by Crippen LogP contribution is -2.25. The summed E-state index contributed by atoms with van der Waals surface area (Å²) in [6, 6.07) is 4.63. The van der Waals surface area contributed by atoms with Crippen molar-refractivity contribution in [1.82, 2.24) is 4.98 Å². The van der Waals surface area contributed by atoms with E-state index in [1.807, 2.05) is 12.1 Å². The van der Waals surface area contributed by atoms with Gasteiger partial charge in [0.15, 0.2) is 0 Å². The van der Waals surface area contributed by atoms with Crippen LogP contribution in [0.5, 0.6) is 0 Å². The molecule has 2 rings (SSSR count). The van der Waals surface area contributed by atoms with Crippen LogP contribution in [0.2, 0.25) is 0 Å². The molecular weight excluding hydrogens is 176 g/mol. The molecule has 1 N–H and O–H groups in total. The first-order valence-corrected chi connectivity index (χ1v) is 5.17. The van der Waals surface area contributed by atoms with Crippen LogP contribution in [0.25, 0.3) is 0 Å². The Balaban J connectivity index is 2.13. The summed E-state index contributed by atoms with van der Waals surface area (Å²) < 4.78 is 0. The van der Waals surface area contributed by atoms with Crippen LogP contribution in [0.3, 0.4) is 0 Å². The molecule has 1 aliphatic carbocycles. The van der Waals surface area contributed by atoms with E-state index in [4.69, 9.17) is 5.11 Å². The number of anilines is 1. The van der Waals surface area contributed by atoms with E-state index in [0.717, 1.165) is 17.9 Å². The van der Waals surface area contributed by atoms with Crippen molar-refractivity contribution in [3.8, 4) is 0 Å². The SMILES string of the molecule is CCN(c1ccc(CO)cn1)C1CC1. The normalized spacial score (nSPS) is 15.6. The Bertz CT molecular complexity index is 293. The van der Waals surface area contributed by atoms with Gasteiger partial charge in [-0.3, -0.25) is 0 Å². The van der Waals surface area contributed by atoms with Crippen molar-refractivity contribution in [3.63, 3.8) is 0 Å². The average Bonchev–Trinajstić information content (AvgIpc) is 3.04. The average molecular weight is 192 g/mol. The molecule has 1 aliphatic rings. The third-order valence-corrected chi connectivity index (χ3v) is 2.61. The van der Waals surface area contributed by atoms with Gasteiger partial charge in [-0.05, 0) is 31.4 Å². The van der Waals surface area contributed by atoms with E-state index in [9.17, 15) is 0 Å². The third kappa shape index (κ3) is 1.87. The first kappa shape index (κ1) is 9.46. The maximum absolute atomic E-state index is 8.89. The van der Waals surface area contributed by atoms with Crippen LogP contribution < -0.4 is 4.90 Å². The molecule has 1 aromatic heterocycles. The lowest BCUT2D eigenvalue weighted by molar-refractivity contribution is 0.281. The largest absolute Gasteiger partial charge is 0.392 e. The first-order chi connectivity index (χ1) is 6.85. The van der Waals surface area contributed by atoms with Crippen molar-refractivity contribution >= 4 is 5.82 Å². The van der Waals surface area contributed by atoms with E-state index < -0.39 is 0 Å². The van der Waals surface area contributed by atoms with Gasteiger partial charge in [-0.2, -0.15) is 0 Å². The van der Waals surface area contributed by atoms with E-state index in [1.54, 1.807) is 6.20 Å². The smallest absolute Gasteiger partial charge is 0.128 e. The standard InChI is InChI=1S/C11H16N2O/c1-2-13(10-4-5-10)11-6-3-9(8-14)7-12-11/h3,6-7,10,14H,2,4-5,8H2,1H3. The molecule has 0 amide bonds. The lowest BCUT2D eigenvalue weighted by atomic mass is 10.3. The van der Waals surface area contributed by atoms with Gasteiger partial charge in [0.1, 0.15) is 5.82 Å². The minimum atomic E-state index is 0.0723. The summed E-state index contributed by atoms with van der Waals surface area (Å²) in [4.78, 5) is 6.67. The maximum atomic E-state index is 8.89. The highest BCUT2D eigenvalue weighted by Crippen LogP contribution is 2.30. The number of aromatic nitrogens is 1. The molecule has 0 bridgehead atoms. The predicted octanol–water partition coefficient (Wildman–Crippen LogP) is 1.56.